The van der Waals surface area contributed by atoms with Crippen LogP contribution in [-0.2, 0) is 11.3 Å². The van der Waals surface area contributed by atoms with Crippen LogP contribution in [0, 0.1) is 5.21 Å². The minimum Gasteiger partial charge on any atom is -0.618 e. The van der Waals surface area contributed by atoms with E-state index >= 15 is 0 Å². The third-order valence-electron chi connectivity index (χ3n) is 5.34. The molecule has 0 atom stereocenters. The number of aromatic nitrogens is 2. The predicted molar refractivity (Wildman–Crippen MR) is 126 cm³/mol. The number of ketones is 1. The largest absolute Gasteiger partial charge is 0.618 e. The van der Waals surface area contributed by atoms with Gasteiger partial charge in [0.1, 0.15) is 17.9 Å². The monoisotopic (exact) mass is 474 g/mol. The Hall–Kier alpha value is -4.66. The predicted octanol–water partition coefficient (Wildman–Crippen LogP) is 3.48. The van der Waals surface area contributed by atoms with Crippen molar-refractivity contribution in [1.82, 2.24) is 4.98 Å². The zero-order valence-corrected chi connectivity index (χ0v) is 19.3. The van der Waals surface area contributed by atoms with E-state index in [1.165, 1.54) is 39.5 Å². The summed E-state index contributed by atoms with van der Waals surface area (Å²) in [6, 6.07) is 17.6. The number of rotatable bonds is 8. The first-order valence-electron chi connectivity index (χ1n) is 10.6. The van der Waals surface area contributed by atoms with Gasteiger partial charge < -0.3 is 24.2 Å². The minimum absolute atomic E-state index is 0.0281. The summed E-state index contributed by atoms with van der Waals surface area (Å²) in [5.41, 5.74) is 0.770. The molecule has 0 aliphatic heterocycles. The van der Waals surface area contributed by atoms with Crippen molar-refractivity contribution in [3.63, 3.8) is 0 Å². The van der Waals surface area contributed by atoms with Crippen molar-refractivity contribution in [3.8, 4) is 17.2 Å². The van der Waals surface area contributed by atoms with Gasteiger partial charge in [0, 0.05) is 5.56 Å². The Morgan fingerprint density at radius 2 is 1.60 bits per heavy atom. The normalized spacial score (nSPS) is 10.6. The molecule has 178 valence electrons. The second kappa shape index (κ2) is 10.1. The Bertz CT molecular complexity index is 1400. The van der Waals surface area contributed by atoms with Crippen LogP contribution in [-0.4, -0.2) is 38.1 Å². The first-order valence-corrected chi connectivity index (χ1v) is 10.6. The number of carbonyl (C=O) groups excluding carboxylic acids is 2. The number of hydrogen-bond donors (Lipinski definition) is 0. The number of ether oxygens (including phenoxy) is 4. The van der Waals surface area contributed by atoms with Crippen LogP contribution in [0.5, 0.6) is 17.2 Å². The van der Waals surface area contributed by atoms with E-state index in [4.69, 9.17) is 18.9 Å². The summed E-state index contributed by atoms with van der Waals surface area (Å²) in [7, 11) is 4.41. The first-order chi connectivity index (χ1) is 17.0. The second-order valence-electron chi connectivity index (χ2n) is 7.40. The molecule has 0 unspecified atom stereocenters. The van der Waals surface area contributed by atoms with Crippen molar-refractivity contribution in [2.75, 3.05) is 21.3 Å². The highest BCUT2D eigenvalue weighted by Gasteiger charge is 2.28. The van der Waals surface area contributed by atoms with Gasteiger partial charge in [0.25, 0.3) is 11.5 Å². The number of nitrogens with zero attached hydrogens (tertiary/aromatic N) is 2. The van der Waals surface area contributed by atoms with Crippen molar-refractivity contribution in [2.24, 2.45) is 0 Å². The van der Waals surface area contributed by atoms with Gasteiger partial charge in [-0.3, -0.25) is 4.79 Å². The fourth-order valence-electron chi connectivity index (χ4n) is 3.55. The molecule has 0 saturated carbocycles. The molecule has 9 heteroatoms. The number of fused-ring (bicyclic) bond motifs is 1. The van der Waals surface area contributed by atoms with Crippen molar-refractivity contribution in [3.05, 3.63) is 94.5 Å². The van der Waals surface area contributed by atoms with Crippen LogP contribution in [0.15, 0.2) is 66.7 Å². The first kappa shape index (κ1) is 23.5. The van der Waals surface area contributed by atoms with Crippen LogP contribution < -0.4 is 18.9 Å². The average Bonchev–Trinajstić information content (AvgIpc) is 2.91. The van der Waals surface area contributed by atoms with E-state index in [9.17, 15) is 14.8 Å². The molecule has 0 radical (unpaired) electrons. The van der Waals surface area contributed by atoms with Crippen molar-refractivity contribution in [1.29, 1.82) is 0 Å². The Balaban J connectivity index is 1.73. The van der Waals surface area contributed by atoms with Crippen LogP contribution in [0.4, 0.5) is 0 Å². The van der Waals surface area contributed by atoms with E-state index in [-0.39, 0.29) is 22.5 Å². The average molecular weight is 474 g/mol. The lowest BCUT2D eigenvalue weighted by Gasteiger charge is -2.13. The molecule has 4 rings (SSSR count). The van der Waals surface area contributed by atoms with E-state index in [1.807, 2.05) is 0 Å². The molecule has 0 N–H and O–H groups in total. The van der Waals surface area contributed by atoms with Gasteiger partial charge in [-0.1, -0.05) is 30.3 Å². The van der Waals surface area contributed by atoms with E-state index in [0.717, 1.165) is 0 Å². The van der Waals surface area contributed by atoms with Gasteiger partial charge in [-0.15, -0.1) is 0 Å². The highest BCUT2D eigenvalue weighted by Crippen LogP contribution is 2.28. The summed E-state index contributed by atoms with van der Waals surface area (Å²) in [6.45, 7) is -0.398. The molecule has 4 aromatic rings. The third-order valence-corrected chi connectivity index (χ3v) is 5.34. The fraction of sp³-hybridized carbons (Fsp3) is 0.154. The van der Waals surface area contributed by atoms with Gasteiger partial charge in [0.15, 0.2) is 17.2 Å². The summed E-state index contributed by atoms with van der Waals surface area (Å²) >= 11 is 0. The Morgan fingerprint density at radius 3 is 2.29 bits per heavy atom. The molecule has 1 heterocycles. The van der Waals surface area contributed by atoms with E-state index < -0.39 is 18.4 Å². The SMILES string of the molecule is COc1ccc2nc(COC(=O)c3ccc(OC)c(OC)c3)c(C(=O)c3ccccc3)[n+]([O-])c2c1. The highest BCUT2D eigenvalue weighted by atomic mass is 16.5. The van der Waals surface area contributed by atoms with Crippen LogP contribution in [0.2, 0.25) is 0 Å². The number of carbonyl (C=O) groups is 2. The summed E-state index contributed by atoms with van der Waals surface area (Å²) in [5, 5.41) is 13.3. The maximum Gasteiger partial charge on any atom is 0.338 e. The lowest BCUT2D eigenvalue weighted by atomic mass is 10.1. The number of hydrogen-bond acceptors (Lipinski definition) is 8. The lowest BCUT2D eigenvalue weighted by Crippen LogP contribution is -2.38. The molecule has 9 nitrogen and oxygen atoms in total. The Labute approximate surface area is 201 Å². The molecule has 0 fully saturated rings. The van der Waals surface area contributed by atoms with E-state index in [1.54, 1.807) is 48.5 Å². The number of methoxy groups -OCH3 is 3. The molecule has 0 amide bonds. The smallest absolute Gasteiger partial charge is 0.338 e. The Kier molecular flexibility index (Phi) is 6.77. The van der Waals surface area contributed by atoms with Gasteiger partial charge in [-0.2, -0.15) is 4.73 Å². The maximum absolute atomic E-state index is 13.3. The zero-order chi connectivity index (χ0) is 24.9. The van der Waals surface area contributed by atoms with Gasteiger partial charge in [-0.25, -0.2) is 9.78 Å². The van der Waals surface area contributed by atoms with Gasteiger partial charge in [0.2, 0.25) is 5.52 Å². The van der Waals surface area contributed by atoms with Crippen molar-refractivity contribution < 1.29 is 33.3 Å². The lowest BCUT2D eigenvalue weighted by molar-refractivity contribution is -0.580. The van der Waals surface area contributed by atoms with Crippen molar-refractivity contribution >= 4 is 22.8 Å². The molecule has 0 aliphatic carbocycles. The molecule has 0 spiro atoms. The van der Waals surface area contributed by atoms with Gasteiger partial charge >= 0.3 is 5.97 Å². The van der Waals surface area contributed by atoms with E-state index in [2.05, 4.69) is 4.98 Å². The highest BCUT2D eigenvalue weighted by molar-refractivity contribution is 6.07. The number of benzene rings is 3. The summed E-state index contributed by atoms with van der Waals surface area (Å²) in [4.78, 5) is 30.5. The van der Waals surface area contributed by atoms with Crippen LogP contribution in [0.3, 0.4) is 0 Å². The maximum atomic E-state index is 13.3. The third kappa shape index (κ3) is 4.70. The molecule has 3 aromatic carbocycles. The summed E-state index contributed by atoms with van der Waals surface area (Å²) in [5.74, 6) is 0.0265. The molecular formula is C26H22N2O7. The van der Waals surface area contributed by atoms with Crippen LogP contribution in [0.1, 0.15) is 32.1 Å². The second-order valence-corrected chi connectivity index (χ2v) is 7.40. The molecule has 35 heavy (non-hydrogen) atoms. The molecule has 0 saturated heterocycles. The quantitative estimate of drug-likeness (QED) is 0.165. The topological polar surface area (TPSA) is 111 Å². The Morgan fingerprint density at radius 1 is 0.857 bits per heavy atom. The van der Waals surface area contributed by atoms with Gasteiger partial charge in [-0.05, 0) is 30.3 Å². The van der Waals surface area contributed by atoms with Crippen LogP contribution in [0.25, 0.3) is 11.0 Å². The molecule has 0 bridgehead atoms. The van der Waals surface area contributed by atoms with Gasteiger partial charge in [0.05, 0.1) is 33.0 Å². The summed E-state index contributed by atoms with van der Waals surface area (Å²) in [6.07, 6.45) is 0. The molecule has 1 aromatic heterocycles. The molecule has 0 aliphatic rings. The summed E-state index contributed by atoms with van der Waals surface area (Å²) < 4.78 is 21.5. The van der Waals surface area contributed by atoms with Crippen molar-refractivity contribution in [2.45, 2.75) is 6.61 Å². The fourth-order valence-corrected chi connectivity index (χ4v) is 3.55. The minimum atomic E-state index is -0.682. The molecular weight excluding hydrogens is 452 g/mol. The zero-order valence-electron chi connectivity index (χ0n) is 19.3. The van der Waals surface area contributed by atoms with E-state index in [0.29, 0.717) is 33.1 Å². The standard InChI is InChI=1S/C26H22N2O7/c1-32-18-10-11-19-21(14-18)28(31)24(25(29)16-7-5-4-6-8-16)20(27-19)15-35-26(30)17-9-12-22(33-2)23(13-17)34-3/h4-14H,15H2,1-3H3. The number of esters is 1. The van der Waals surface area contributed by atoms with Crippen LogP contribution >= 0.6 is 0 Å².